The summed E-state index contributed by atoms with van der Waals surface area (Å²) in [6.07, 6.45) is 5.43. The molecule has 0 atom stereocenters. The van der Waals surface area contributed by atoms with Crippen LogP contribution in [0.25, 0.3) is 0 Å². The first-order valence-electron chi connectivity index (χ1n) is 9.97. The maximum Gasteiger partial charge on any atom is 0.191 e. The monoisotopic (exact) mass is 510 g/mol. The Labute approximate surface area is 190 Å². The minimum atomic E-state index is 0. The van der Waals surface area contributed by atoms with Crippen molar-refractivity contribution < 1.29 is 9.47 Å². The van der Waals surface area contributed by atoms with E-state index in [2.05, 4.69) is 26.7 Å². The number of nitrogens with zero attached hydrogens (tertiary/aromatic N) is 2. The van der Waals surface area contributed by atoms with Crippen LogP contribution < -0.4 is 15.4 Å². The van der Waals surface area contributed by atoms with Crippen molar-refractivity contribution in [2.45, 2.75) is 32.4 Å². The van der Waals surface area contributed by atoms with Crippen LogP contribution in [0.3, 0.4) is 0 Å². The SMILES string of the molecule is CN=C(NCCCOCC1CC1)NCc1cccc(OCc2ccccn2)c1.I. The molecule has 3 rings (SSSR count). The van der Waals surface area contributed by atoms with Gasteiger partial charge >= 0.3 is 0 Å². The Bertz CT molecular complexity index is 739. The molecule has 1 aromatic heterocycles. The van der Waals surface area contributed by atoms with E-state index in [4.69, 9.17) is 9.47 Å². The molecule has 0 saturated heterocycles. The van der Waals surface area contributed by atoms with Crippen LogP contribution in [0.1, 0.15) is 30.5 Å². The Morgan fingerprint density at radius 1 is 1.17 bits per heavy atom. The summed E-state index contributed by atoms with van der Waals surface area (Å²) in [5, 5.41) is 6.66. The number of aromatic nitrogens is 1. The van der Waals surface area contributed by atoms with Crippen LogP contribution in [-0.4, -0.2) is 37.7 Å². The summed E-state index contributed by atoms with van der Waals surface area (Å²) in [5.41, 5.74) is 2.05. The van der Waals surface area contributed by atoms with Gasteiger partial charge in [0.15, 0.2) is 5.96 Å². The third-order valence-corrected chi connectivity index (χ3v) is 4.50. The zero-order chi connectivity index (χ0) is 19.4. The topological polar surface area (TPSA) is 67.8 Å². The van der Waals surface area contributed by atoms with Crippen LogP contribution in [0.15, 0.2) is 53.7 Å². The van der Waals surface area contributed by atoms with Crippen molar-refractivity contribution in [3.05, 3.63) is 59.9 Å². The number of halogens is 1. The Morgan fingerprint density at radius 2 is 2.07 bits per heavy atom. The van der Waals surface area contributed by atoms with E-state index in [0.717, 1.165) is 55.1 Å². The van der Waals surface area contributed by atoms with Crippen LogP contribution in [0.4, 0.5) is 0 Å². The summed E-state index contributed by atoms with van der Waals surface area (Å²) in [4.78, 5) is 8.55. The minimum absolute atomic E-state index is 0. The highest BCUT2D eigenvalue weighted by atomic mass is 127. The van der Waals surface area contributed by atoms with E-state index in [1.807, 2.05) is 36.4 Å². The van der Waals surface area contributed by atoms with Crippen LogP contribution in [0.5, 0.6) is 5.75 Å². The average Bonchev–Trinajstić information content (AvgIpc) is 3.57. The summed E-state index contributed by atoms with van der Waals surface area (Å²) < 4.78 is 11.5. The Hall–Kier alpha value is -1.87. The summed E-state index contributed by atoms with van der Waals surface area (Å²) in [5.74, 6) is 2.45. The molecule has 1 aromatic carbocycles. The van der Waals surface area contributed by atoms with E-state index in [9.17, 15) is 0 Å². The summed E-state index contributed by atoms with van der Waals surface area (Å²) in [6, 6.07) is 13.9. The first kappa shape index (κ1) is 23.4. The number of benzene rings is 1. The molecule has 1 saturated carbocycles. The maximum atomic E-state index is 5.84. The summed E-state index contributed by atoms with van der Waals surface area (Å²) in [6.45, 7) is 3.71. The van der Waals surface area contributed by atoms with Gasteiger partial charge in [0, 0.05) is 39.5 Å². The van der Waals surface area contributed by atoms with Crippen LogP contribution in [0.2, 0.25) is 0 Å². The van der Waals surface area contributed by atoms with Gasteiger partial charge in [-0.15, -0.1) is 24.0 Å². The van der Waals surface area contributed by atoms with Gasteiger partial charge < -0.3 is 20.1 Å². The largest absolute Gasteiger partial charge is 0.487 e. The van der Waals surface area contributed by atoms with E-state index in [1.165, 1.54) is 12.8 Å². The molecule has 158 valence electrons. The second-order valence-electron chi connectivity index (χ2n) is 6.98. The number of aliphatic imine (C=N–C) groups is 1. The van der Waals surface area contributed by atoms with E-state index in [1.54, 1.807) is 13.2 Å². The molecule has 0 amide bonds. The van der Waals surface area contributed by atoms with Gasteiger partial charge in [-0.25, -0.2) is 0 Å². The second-order valence-corrected chi connectivity index (χ2v) is 6.98. The van der Waals surface area contributed by atoms with Crippen LogP contribution in [0, 0.1) is 5.92 Å². The molecule has 0 unspecified atom stereocenters. The van der Waals surface area contributed by atoms with Gasteiger partial charge in [-0.1, -0.05) is 18.2 Å². The highest BCUT2D eigenvalue weighted by molar-refractivity contribution is 14.0. The van der Waals surface area contributed by atoms with Crippen LogP contribution in [-0.2, 0) is 17.9 Å². The summed E-state index contributed by atoms with van der Waals surface area (Å²) in [7, 11) is 1.78. The van der Waals surface area contributed by atoms with Gasteiger partial charge in [-0.3, -0.25) is 9.98 Å². The molecule has 1 fully saturated rings. The quantitative estimate of drug-likeness (QED) is 0.209. The molecule has 2 aromatic rings. The van der Waals surface area contributed by atoms with Crippen LogP contribution >= 0.6 is 24.0 Å². The minimum Gasteiger partial charge on any atom is -0.487 e. The Balaban J connectivity index is 0.00000300. The molecule has 6 nitrogen and oxygen atoms in total. The number of pyridine rings is 1. The molecule has 2 N–H and O–H groups in total. The molecule has 1 aliphatic rings. The van der Waals surface area contributed by atoms with Crippen molar-refractivity contribution in [2.75, 3.05) is 26.8 Å². The van der Waals surface area contributed by atoms with Gasteiger partial charge in [0.2, 0.25) is 0 Å². The van der Waals surface area contributed by atoms with E-state index in [0.29, 0.717) is 13.2 Å². The van der Waals surface area contributed by atoms with E-state index >= 15 is 0 Å². The third kappa shape index (κ3) is 9.45. The van der Waals surface area contributed by atoms with Gasteiger partial charge in [-0.05, 0) is 55.0 Å². The number of hydrogen-bond donors (Lipinski definition) is 2. The number of hydrogen-bond acceptors (Lipinski definition) is 4. The van der Waals surface area contributed by atoms with Crippen molar-refractivity contribution in [1.82, 2.24) is 15.6 Å². The predicted molar refractivity (Wildman–Crippen MR) is 127 cm³/mol. The van der Waals surface area contributed by atoms with Gasteiger partial charge in [0.25, 0.3) is 0 Å². The molecule has 1 aliphatic carbocycles. The summed E-state index contributed by atoms with van der Waals surface area (Å²) >= 11 is 0. The standard InChI is InChI=1S/C22H30N4O2.HI/c1-23-22(25-12-5-13-27-16-18-9-10-18)26-15-19-6-4-8-21(14-19)28-17-20-7-2-3-11-24-20;/h2-4,6-8,11,14,18H,5,9-10,12-13,15-17H2,1H3,(H2,23,25,26);1H. The number of ether oxygens (including phenoxy) is 2. The van der Waals surface area contributed by atoms with Gasteiger partial charge in [0.1, 0.15) is 12.4 Å². The van der Waals surface area contributed by atoms with Crippen molar-refractivity contribution in [3.8, 4) is 5.75 Å². The van der Waals surface area contributed by atoms with E-state index < -0.39 is 0 Å². The highest BCUT2D eigenvalue weighted by Crippen LogP contribution is 2.28. The lowest BCUT2D eigenvalue weighted by atomic mass is 10.2. The smallest absolute Gasteiger partial charge is 0.191 e. The lowest BCUT2D eigenvalue weighted by molar-refractivity contribution is 0.123. The van der Waals surface area contributed by atoms with Crippen molar-refractivity contribution in [3.63, 3.8) is 0 Å². The molecule has 0 aliphatic heterocycles. The molecule has 0 spiro atoms. The first-order valence-corrected chi connectivity index (χ1v) is 9.97. The number of nitrogens with one attached hydrogen (secondary N) is 2. The molecule has 7 heteroatoms. The van der Waals surface area contributed by atoms with Crippen molar-refractivity contribution in [1.29, 1.82) is 0 Å². The van der Waals surface area contributed by atoms with Crippen molar-refractivity contribution >= 4 is 29.9 Å². The lowest BCUT2D eigenvalue weighted by Gasteiger charge is -2.13. The number of guanidine groups is 1. The third-order valence-electron chi connectivity index (χ3n) is 4.50. The van der Waals surface area contributed by atoms with Crippen molar-refractivity contribution in [2.24, 2.45) is 10.9 Å². The molecule has 1 heterocycles. The fourth-order valence-electron chi connectivity index (χ4n) is 2.71. The van der Waals surface area contributed by atoms with Gasteiger partial charge in [0.05, 0.1) is 5.69 Å². The zero-order valence-corrected chi connectivity index (χ0v) is 19.3. The molecular formula is C22H31IN4O2. The fourth-order valence-corrected chi connectivity index (χ4v) is 2.71. The fraction of sp³-hybridized carbons (Fsp3) is 0.455. The average molecular weight is 510 g/mol. The maximum absolute atomic E-state index is 5.84. The van der Waals surface area contributed by atoms with Gasteiger partial charge in [-0.2, -0.15) is 0 Å². The zero-order valence-electron chi connectivity index (χ0n) is 17.0. The molecular weight excluding hydrogens is 479 g/mol. The first-order chi connectivity index (χ1) is 13.8. The van der Waals surface area contributed by atoms with E-state index in [-0.39, 0.29) is 24.0 Å². The second kappa shape index (κ2) is 13.4. The Kier molecular flexibility index (Phi) is 10.8. The predicted octanol–water partition coefficient (Wildman–Crippen LogP) is 3.76. The lowest BCUT2D eigenvalue weighted by Crippen LogP contribution is -2.37. The normalized spacial score (nSPS) is 13.5. The Morgan fingerprint density at radius 3 is 2.83 bits per heavy atom. The molecule has 0 radical (unpaired) electrons. The molecule has 29 heavy (non-hydrogen) atoms. The highest BCUT2D eigenvalue weighted by Gasteiger charge is 2.20. The molecule has 0 bridgehead atoms. The number of rotatable bonds is 11.